The number of hydrogen-bond acceptors (Lipinski definition) is 4. The molecular formula is C22H14Au2N2O2S. The molecule has 3 aromatic rings. The molecule has 3 rings (SSSR count). The van der Waals surface area contributed by atoms with E-state index in [0.717, 1.165) is 33.4 Å². The number of nitrogens with two attached hydrogens (primary N) is 1. The first-order chi connectivity index (χ1) is 13.0. The van der Waals surface area contributed by atoms with E-state index in [1.54, 1.807) is 6.07 Å². The Balaban J connectivity index is 0.00000210. The summed E-state index contributed by atoms with van der Waals surface area (Å²) in [4.78, 5) is 11.1. The van der Waals surface area contributed by atoms with Gasteiger partial charge in [0.1, 0.15) is 0 Å². The zero-order valence-electron chi connectivity index (χ0n) is 14.7. The van der Waals surface area contributed by atoms with Gasteiger partial charge in [0.05, 0.1) is 4.92 Å². The first kappa shape index (κ1) is 24.8. The molecule has 7 heteroatoms. The van der Waals surface area contributed by atoms with Crippen LogP contribution in [0, 0.1) is 34.4 Å². The van der Waals surface area contributed by atoms with E-state index in [0.29, 0.717) is 4.90 Å². The molecule has 0 aliphatic carbocycles. The van der Waals surface area contributed by atoms with Gasteiger partial charge in [-0.25, -0.2) is 0 Å². The molecule has 0 bridgehead atoms. The Morgan fingerprint density at radius 1 is 0.897 bits per heavy atom. The second-order valence-corrected chi connectivity index (χ2v) is 6.19. The van der Waals surface area contributed by atoms with Crippen molar-refractivity contribution in [3.05, 3.63) is 81.9 Å². The largest absolute Gasteiger partial charge is 0.359 e. The van der Waals surface area contributed by atoms with Crippen molar-refractivity contribution < 1.29 is 49.7 Å². The van der Waals surface area contributed by atoms with Gasteiger partial charge in [0.15, 0.2) is 0 Å². The zero-order valence-corrected chi connectivity index (χ0v) is 20.0. The Morgan fingerprint density at radius 2 is 1.52 bits per heavy atom. The molecule has 4 nitrogen and oxygen atoms in total. The average Bonchev–Trinajstić information content (AvgIpc) is 2.68. The van der Waals surface area contributed by atoms with E-state index in [1.807, 2.05) is 42.5 Å². The molecule has 3 aromatic carbocycles. The fourth-order valence-electron chi connectivity index (χ4n) is 2.79. The summed E-state index contributed by atoms with van der Waals surface area (Å²) >= 11 is 4.45. The molecule has 0 aliphatic rings. The van der Waals surface area contributed by atoms with Crippen molar-refractivity contribution in [3.63, 3.8) is 0 Å². The summed E-state index contributed by atoms with van der Waals surface area (Å²) in [5.41, 5.74) is 10.3. The van der Waals surface area contributed by atoms with E-state index in [1.165, 1.54) is 12.1 Å². The van der Waals surface area contributed by atoms with Gasteiger partial charge in [-0.15, -0.1) is 19.1 Å². The van der Waals surface area contributed by atoms with Crippen molar-refractivity contribution in [2.24, 2.45) is 5.73 Å². The van der Waals surface area contributed by atoms with Crippen LogP contribution in [0.25, 0.3) is 22.3 Å². The third-order valence-electron chi connectivity index (χ3n) is 4.08. The number of nitro benzene ring substituents is 1. The second kappa shape index (κ2) is 11.1. The number of thiol groups is 1. The maximum absolute atomic E-state index is 11.0. The molecule has 0 aliphatic heterocycles. The van der Waals surface area contributed by atoms with Gasteiger partial charge in [0.2, 0.25) is 0 Å². The minimum atomic E-state index is -0.441. The van der Waals surface area contributed by atoms with Gasteiger partial charge in [-0.3, -0.25) is 10.1 Å². The van der Waals surface area contributed by atoms with Crippen LogP contribution in [0.15, 0.2) is 65.6 Å². The fraction of sp³-hybridized carbons (Fsp3) is 0. The summed E-state index contributed by atoms with van der Waals surface area (Å²) in [6, 6.07) is 20.2. The van der Waals surface area contributed by atoms with Gasteiger partial charge in [0.25, 0.3) is 5.69 Å². The van der Waals surface area contributed by atoms with Crippen molar-refractivity contribution in [2.45, 2.75) is 4.90 Å². The van der Waals surface area contributed by atoms with E-state index in [2.05, 4.69) is 30.5 Å². The normalized spacial score (nSPS) is 9.10. The molecule has 0 amide bonds. The van der Waals surface area contributed by atoms with Crippen LogP contribution < -0.4 is 5.73 Å². The molecule has 0 spiro atoms. The van der Waals surface area contributed by atoms with E-state index < -0.39 is 4.92 Å². The molecule has 2 radical (unpaired) electrons. The molecule has 0 atom stereocenters. The Bertz CT molecular complexity index is 1140. The van der Waals surface area contributed by atoms with Gasteiger partial charge in [-0.1, -0.05) is 24.1 Å². The topological polar surface area (TPSA) is 69.2 Å². The third-order valence-corrected chi connectivity index (χ3v) is 4.45. The standard InChI is InChI=1S/C22H14N2O2S.2Au/c1-2-15-5-9-19(20-10-8-18(24(25)26)14-22(20)27)21(13-15)17-6-3-16(4-7-17)11-12-23;;/h1,3-10,13-14,27H,23H2;;. The molecule has 0 unspecified atom stereocenters. The number of non-ortho nitro benzene ring substituents is 1. The summed E-state index contributed by atoms with van der Waals surface area (Å²) in [7, 11) is 0. The number of benzene rings is 3. The predicted octanol–water partition coefficient (Wildman–Crippen LogP) is 4.46. The number of nitro groups is 1. The minimum Gasteiger partial charge on any atom is -0.359 e. The van der Waals surface area contributed by atoms with Gasteiger partial charge < -0.3 is 5.73 Å². The summed E-state index contributed by atoms with van der Waals surface area (Å²) in [6.45, 7) is 0. The average molecular weight is 764 g/mol. The van der Waals surface area contributed by atoms with Crippen LogP contribution in [-0.4, -0.2) is 4.92 Å². The fourth-order valence-corrected chi connectivity index (χ4v) is 3.11. The molecule has 0 saturated carbocycles. The van der Waals surface area contributed by atoms with Crippen LogP contribution in [-0.2, 0) is 44.8 Å². The Morgan fingerprint density at radius 3 is 2.07 bits per heavy atom. The first-order valence-corrected chi connectivity index (χ1v) is 8.38. The van der Waals surface area contributed by atoms with Crippen molar-refractivity contribution in [1.82, 2.24) is 0 Å². The molecule has 0 heterocycles. The molecule has 0 aromatic heterocycles. The van der Waals surface area contributed by atoms with Crippen LogP contribution in [0.1, 0.15) is 11.1 Å². The van der Waals surface area contributed by atoms with E-state index in [9.17, 15) is 10.1 Å². The smallest absolute Gasteiger partial charge is 0.270 e. The zero-order chi connectivity index (χ0) is 19.4. The van der Waals surface area contributed by atoms with Crippen LogP contribution in [0.4, 0.5) is 5.69 Å². The van der Waals surface area contributed by atoms with Crippen molar-refractivity contribution >= 4 is 18.3 Å². The van der Waals surface area contributed by atoms with Gasteiger partial charge in [-0.2, -0.15) is 0 Å². The van der Waals surface area contributed by atoms with Crippen molar-refractivity contribution in [3.8, 4) is 46.6 Å². The Hall–Kier alpha value is -2.19. The maximum Gasteiger partial charge on any atom is 0.270 e. The monoisotopic (exact) mass is 764 g/mol. The Kier molecular flexibility index (Phi) is 9.52. The van der Waals surface area contributed by atoms with Crippen LogP contribution in [0.3, 0.4) is 0 Å². The quantitative estimate of drug-likeness (QED) is 0.104. The van der Waals surface area contributed by atoms with Crippen molar-refractivity contribution in [2.75, 3.05) is 0 Å². The van der Waals surface area contributed by atoms with E-state index >= 15 is 0 Å². The Labute approximate surface area is 205 Å². The number of terminal acetylenes is 1. The SMILES string of the molecule is C#Cc1ccc(-c2ccc([N+](=O)[O-])cc2S)c(-c2ccc(C#CN)cc2)c1.[Au].[Au]. The molecule has 0 fully saturated rings. The molecule has 29 heavy (non-hydrogen) atoms. The molecule has 0 saturated heterocycles. The van der Waals surface area contributed by atoms with Crippen molar-refractivity contribution in [1.29, 1.82) is 0 Å². The minimum absolute atomic E-state index is 0. The summed E-state index contributed by atoms with van der Waals surface area (Å²) in [5, 5.41) is 11.0. The van der Waals surface area contributed by atoms with Gasteiger partial charge in [-0.05, 0) is 58.5 Å². The van der Waals surface area contributed by atoms with Crippen LogP contribution in [0.5, 0.6) is 0 Å². The van der Waals surface area contributed by atoms with Crippen LogP contribution in [0.2, 0.25) is 0 Å². The van der Waals surface area contributed by atoms with Crippen LogP contribution >= 0.6 is 12.6 Å². The number of nitrogens with zero attached hydrogens (tertiary/aromatic N) is 1. The first-order valence-electron chi connectivity index (χ1n) is 7.94. The maximum atomic E-state index is 11.0. The number of hydrogen-bond donors (Lipinski definition) is 2. The number of rotatable bonds is 3. The summed E-state index contributed by atoms with van der Waals surface area (Å²) in [5.74, 6) is 5.44. The second-order valence-electron chi connectivity index (χ2n) is 5.71. The third kappa shape index (κ3) is 5.67. The predicted molar refractivity (Wildman–Crippen MR) is 110 cm³/mol. The van der Waals surface area contributed by atoms with Gasteiger partial charge in [0, 0.05) is 79.0 Å². The molecule has 2 N–H and O–H groups in total. The summed E-state index contributed by atoms with van der Waals surface area (Å²) in [6.07, 6.45) is 5.56. The molecular weight excluding hydrogens is 750 g/mol. The molecule has 152 valence electrons. The van der Waals surface area contributed by atoms with E-state index in [4.69, 9.17) is 12.2 Å². The van der Waals surface area contributed by atoms with E-state index in [-0.39, 0.29) is 50.4 Å². The summed E-state index contributed by atoms with van der Waals surface area (Å²) < 4.78 is 0. The van der Waals surface area contributed by atoms with Gasteiger partial charge >= 0.3 is 0 Å².